The third kappa shape index (κ3) is 3.41. The van der Waals surface area contributed by atoms with Gasteiger partial charge in [0.15, 0.2) is 4.80 Å². The molecule has 1 aromatic heterocycles. The van der Waals surface area contributed by atoms with E-state index in [0.29, 0.717) is 4.80 Å². The van der Waals surface area contributed by atoms with Crippen molar-refractivity contribution < 1.29 is 9.72 Å². The van der Waals surface area contributed by atoms with Crippen molar-refractivity contribution in [2.75, 3.05) is 0 Å². The fraction of sp³-hybridized carbons (Fsp3) is 0.111. The first-order valence-corrected chi connectivity index (χ1v) is 8.34. The number of nitro benzene ring substituents is 1. The van der Waals surface area contributed by atoms with Gasteiger partial charge in [-0.05, 0) is 18.6 Å². The number of aromatic nitrogens is 1. The molecule has 6 nitrogen and oxygen atoms in total. The van der Waals surface area contributed by atoms with E-state index in [2.05, 4.69) is 4.99 Å². The summed E-state index contributed by atoms with van der Waals surface area (Å²) >= 11 is 1.41. The second-order valence-corrected chi connectivity index (χ2v) is 6.62. The van der Waals surface area contributed by atoms with Crippen LogP contribution in [0.4, 0.5) is 5.69 Å². The van der Waals surface area contributed by atoms with Crippen molar-refractivity contribution in [2.24, 2.45) is 12.0 Å². The van der Waals surface area contributed by atoms with Gasteiger partial charge in [0, 0.05) is 29.6 Å². The highest BCUT2D eigenvalue weighted by Crippen LogP contribution is 2.24. The van der Waals surface area contributed by atoms with Crippen molar-refractivity contribution in [1.82, 2.24) is 4.57 Å². The predicted octanol–water partition coefficient (Wildman–Crippen LogP) is 3.71. The maximum Gasteiger partial charge on any atom is 0.279 e. The molecule has 0 radical (unpaired) electrons. The number of hydrogen-bond acceptors (Lipinski definition) is 4. The highest BCUT2D eigenvalue weighted by Gasteiger charge is 2.13. The standard InChI is InChI=1S/C18H15N3O3S/c1-12-16(13-7-4-3-5-8-13)20(2)18(25-12)19-17(22)14-9-6-10-15(11-14)21(23)24/h3-11H,1-2H3. The summed E-state index contributed by atoms with van der Waals surface area (Å²) in [5.41, 5.74) is 2.11. The lowest BCUT2D eigenvalue weighted by molar-refractivity contribution is -0.384. The zero-order valence-corrected chi connectivity index (χ0v) is 14.5. The molecule has 7 heteroatoms. The van der Waals surface area contributed by atoms with E-state index in [0.717, 1.165) is 16.1 Å². The average molecular weight is 353 g/mol. The molecule has 2 aromatic carbocycles. The molecule has 0 saturated heterocycles. The topological polar surface area (TPSA) is 77.5 Å². The fourth-order valence-electron chi connectivity index (χ4n) is 2.58. The van der Waals surface area contributed by atoms with Gasteiger partial charge in [0.2, 0.25) is 0 Å². The van der Waals surface area contributed by atoms with Gasteiger partial charge in [-0.15, -0.1) is 11.3 Å². The molecule has 3 rings (SSSR count). The third-order valence-electron chi connectivity index (χ3n) is 3.75. The third-order valence-corrected chi connectivity index (χ3v) is 4.80. The first-order valence-electron chi connectivity index (χ1n) is 7.52. The molecular formula is C18H15N3O3S. The SMILES string of the molecule is Cc1sc(=NC(=O)c2cccc([N+](=O)[O-])c2)n(C)c1-c1ccccc1. The van der Waals surface area contributed by atoms with Gasteiger partial charge in [0.25, 0.3) is 11.6 Å². The summed E-state index contributed by atoms with van der Waals surface area (Å²) in [5.74, 6) is -0.500. The lowest BCUT2D eigenvalue weighted by atomic mass is 10.1. The fourth-order valence-corrected chi connectivity index (χ4v) is 3.56. The Balaban J connectivity index is 2.04. The molecule has 0 spiro atoms. The van der Waals surface area contributed by atoms with Crippen LogP contribution in [0.25, 0.3) is 11.3 Å². The molecule has 0 N–H and O–H groups in total. The van der Waals surface area contributed by atoms with Crippen LogP contribution in [0.1, 0.15) is 15.2 Å². The van der Waals surface area contributed by atoms with Gasteiger partial charge in [-0.3, -0.25) is 14.9 Å². The van der Waals surface area contributed by atoms with Gasteiger partial charge < -0.3 is 4.57 Å². The lowest BCUT2D eigenvalue weighted by Crippen LogP contribution is -2.14. The summed E-state index contributed by atoms with van der Waals surface area (Å²) < 4.78 is 1.87. The van der Waals surface area contributed by atoms with Gasteiger partial charge in [-0.25, -0.2) is 0 Å². The minimum Gasteiger partial charge on any atom is -0.319 e. The number of benzene rings is 2. The maximum absolute atomic E-state index is 12.4. The Bertz CT molecular complexity index is 1020. The summed E-state index contributed by atoms with van der Waals surface area (Å²) in [6.07, 6.45) is 0. The van der Waals surface area contributed by atoms with E-state index in [4.69, 9.17) is 0 Å². The maximum atomic E-state index is 12.4. The van der Waals surface area contributed by atoms with E-state index in [-0.39, 0.29) is 11.3 Å². The molecule has 1 amide bonds. The van der Waals surface area contributed by atoms with Crippen LogP contribution in [-0.4, -0.2) is 15.4 Å². The van der Waals surface area contributed by atoms with Gasteiger partial charge >= 0.3 is 0 Å². The van der Waals surface area contributed by atoms with Crippen LogP contribution < -0.4 is 4.80 Å². The van der Waals surface area contributed by atoms with Crippen LogP contribution in [0.15, 0.2) is 59.6 Å². The Morgan fingerprint density at radius 3 is 2.56 bits per heavy atom. The Labute approximate surface area is 147 Å². The molecule has 3 aromatic rings. The van der Waals surface area contributed by atoms with E-state index >= 15 is 0 Å². The van der Waals surface area contributed by atoms with Crippen molar-refractivity contribution in [3.8, 4) is 11.3 Å². The first kappa shape index (κ1) is 16.8. The van der Waals surface area contributed by atoms with Crippen LogP contribution >= 0.6 is 11.3 Å². The molecular weight excluding hydrogens is 338 g/mol. The van der Waals surface area contributed by atoms with Crippen LogP contribution in [0, 0.1) is 17.0 Å². The zero-order chi connectivity index (χ0) is 18.0. The van der Waals surface area contributed by atoms with Crippen molar-refractivity contribution in [3.63, 3.8) is 0 Å². The van der Waals surface area contributed by atoms with Crippen LogP contribution in [0.3, 0.4) is 0 Å². The Morgan fingerprint density at radius 1 is 1.16 bits per heavy atom. The number of thiazole rings is 1. The summed E-state index contributed by atoms with van der Waals surface area (Å²) in [6.45, 7) is 1.98. The number of amides is 1. The number of rotatable bonds is 3. The highest BCUT2D eigenvalue weighted by molar-refractivity contribution is 7.09. The molecule has 0 aliphatic rings. The Hall–Kier alpha value is -3.06. The molecule has 25 heavy (non-hydrogen) atoms. The molecule has 0 saturated carbocycles. The number of carbonyl (C=O) groups excluding carboxylic acids is 1. The molecule has 0 aliphatic carbocycles. The average Bonchev–Trinajstić information content (AvgIpc) is 2.89. The van der Waals surface area contributed by atoms with Crippen molar-refractivity contribution in [1.29, 1.82) is 0 Å². The van der Waals surface area contributed by atoms with E-state index in [9.17, 15) is 14.9 Å². The monoisotopic (exact) mass is 353 g/mol. The summed E-state index contributed by atoms with van der Waals surface area (Å²) in [4.78, 5) is 28.5. The van der Waals surface area contributed by atoms with Crippen LogP contribution in [0.2, 0.25) is 0 Å². The Kier molecular flexibility index (Phi) is 4.58. The molecule has 126 valence electrons. The largest absolute Gasteiger partial charge is 0.319 e. The molecule has 1 heterocycles. The quantitative estimate of drug-likeness (QED) is 0.532. The van der Waals surface area contributed by atoms with Gasteiger partial charge in [-0.2, -0.15) is 4.99 Å². The zero-order valence-electron chi connectivity index (χ0n) is 13.7. The molecule has 0 fully saturated rings. The van der Waals surface area contributed by atoms with E-state index in [1.807, 2.05) is 48.9 Å². The number of nitrogens with zero attached hydrogens (tertiary/aromatic N) is 3. The second-order valence-electron chi connectivity index (χ2n) is 5.44. The van der Waals surface area contributed by atoms with Gasteiger partial charge in [0.05, 0.1) is 10.6 Å². The van der Waals surface area contributed by atoms with Crippen molar-refractivity contribution in [2.45, 2.75) is 6.92 Å². The van der Waals surface area contributed by atoms with Crippen LogP contribution in [-0.2, 0) is 7.05 Å². The number of nitro groups is 1. The normalized spacial score (nSPS) is 11.5. The van der Waals surface area contributed by atoms with E-state index < -0.39 is 10.8 Å². The van der Waals surface area contributed by atoms with E-state index in [1.54, 1.807) is 0 Å². The summed E-state index contributed by atoms with van der Waals surface area (Å²) in [6, 6.07) is 15.5. The van der Waals surface area contributed by atoms with Gasteiger partial charge in [0.1, 0.15) is 0 Å². The number of carbonyl (C=O) groups is 1. The minimum atomic E-state index is -0.528. The smallest absolute Gasteiger partial charge is 0.279 e. The number of non-ortho nitro benzene ring substituents is 1. The molecule has 0 atom stereocenters. The summed E-state index contributed by atoms with van der Waals surface area (Å²) in [5, 5.41) is 10.9. The predicted molar refractivity (Wildman–Crippen MR) is 96.5 cm³/mol. The molecule has 0 bridgehead atoms. The van der Waals surface area contributed by atoms with Crippen molar-refractivity contribution in [3.05, 3.63) is 80.0 Å². The number of hydrogen-bond donors (Lipinski definition) is 0. The highest BCUT2D eigenvalue weighted by atomic mass is 32.1. The minimum absolute atomic E-state index is 0.127. The molecule has 0 aliphatic heterocycles. The van der Waals surface area contributed by atoms with Crippen molar-refractivity contribution >= 4 is 22.9 Å². The van der Waals surface area contributed by atoms with Crippen LogP contribution in [0.5, 0.6) is 0 Å². The number of aryl methyl sites for hydroxylation is 1. The lowest BCUT2D eigenvalue weighted by Gasteiger charge is -2.04. The summed E-state index contributed by atoms with van der Waals surface area (Å²) in [7, 11) is 1.85. The van der Waals surface area contributed by atoms with Gasteiger partial charge in [-0.1, -0.05) is 36.4 Å². The first-order chi connectivity index (χ1) is 12.0. The Morgan fingerprint density at radius 2 is 1.88 bits per heavy atom. The van der Waals surface area contributed by atoms with E-state index in [1.165, 1.54) is 35.6 Å². The molecule has 0 unspecified atom stereocenters. The second kappa shape index (κ2) is 6.82.